The number of hydrogen-bond acceptors (Lipinski definition) is 6. The van der Waals surface area contributed by atoms with Crippen molar-refractivity contribution in [1.29, 1.82) is 0 Å². The van der Waals surface area contributed by atoms with Crippen molar-refractivity contribution in [3.63, 3.8) is 0 Å². The molecule has 0 aliphatic heterocycles. The maximum Gasteiger partial charge on any atom is 0.339 e. The van der Waals surface area contributed by atoms with Crippen LogP contribution in [0.25, 0.3) is 16.7 Å². The molecule has 9 heteroatoms. The summed E-state index contributed by atoms with van der Waals surface area (Å²) in [6.45, 7) is 0. The fourth-order valence-electron chi connectivity index (χ4n) is 2.43. The van der Waals surface area contributed by atoms with Crippen molar-refractivity contribution in [3.8, 4) is 11.4 Å². The van der Waals surface area contributed by atoms with Gasteiger partial charge in [-0.2, -0.15) is 8.42 Å². The molecule has 0 fully saturated rings. The Bertz CT molecular complexity index is 1130. The summed E-state index contributed by atoms with van der Waals surface area (Å²) in [6.07, 6.45) is 5.04. The number of rotatable bonds is 4. The number of anilines is 1. The summed E-state index contributed by atoms with van der Waals surface area (Å²) in [4.78, 5) is 10.9. The van der Waals surface area contributed by atoms with E-state index in [1.54, 1.807) is 41.5 Å². The number of fused-ring (bicyclic) bond motifs is 1. The standard InChI is InChI=1S/C16H13N5O3S/c17-16-19-14-6-3-12(9-15(14)20-16)24-25(22,23)13-4-1-11(2-5-13)21-8-7-18-10-21/h1-10H,(H3,17,19,20). The predicted octanol–water partition coefficient (Wildman–Crippen LogP) is 2.10. The van der Waals surface area contributed by atoms with Gasteiger partial charge in [-0.1, -0.05) is 0 Å². The van der Waals surface area contributed by atoms with Gasteiger partial charge in [0.25, 0.3) is 0 Å². The fourth-order valence-corrected chi connectivity index (χ4v) is 3.35. The lowest BCUT2D eigenvalue weighted by Gasteiger charge is -2.08. The van der Waals surface area contributed by atoms with Crippen LogP contribution in [0.3, 0.4) is 0 Å². The highest BCUT2D eigenvalue weighted by molar-refractivity contribution is 7.87. The van der Waals surface area contributed by atoms with Crippen LogP contribution < -0.4 is 9.92 Å². The molecule has 3 N–H and O–H groups in total. The monoisotopic (exact) mass is 355 g/mol. The van der Waals surface area contributed by atoms with Crippen LogP contribution in [0.15, 0.2) is 66.1 Å². The molecule has 2 aromatic heterocycles. The Morgan fingerprint density at radius 2 is 1.92 bits per heavy atom. The average molecular weight is 355 g/mol. The molecule has 126 valence electrons. The summed E-state index contributed by atoms with van der Waals surface area (Å²) >= 11 is 0. The van der Waals surface area contributed by atoms with E-state index < -0.39 is 10.1 Å². The van der Waals surface area contributed by atoms with E-state index in [1.807, 2.05) is 0 Å². The molecule has 0 aliphatic rings. The maximum absolute atomic E-state index is 12.4. The second-order valence-corrected chi connectivity index (χ2v) is 6.85. The van der Waals surface area contributed by atoms with Crippen LogP contribution >= 0.6 is 0 Å². The molecule has 2 heterocycles. The van der Waals surface area contributed by atoms with E-state index in [1.165, 1.54) is 24.3 Å². The number of hydrogen-bond donors (Lipinski definition) is 2. The highest BCUT2D eigenvalue weighted by Gasteiger charge is 2.17. The van der Waals surface area contributed by atoms with E-state index in [0.717, 1.165) is 5.69 Å². The lowest BCUT2D eigenvalue weighted by molar-refractivity contribution is 0.486. The molecule has 0 spiro atoms. The molecule has 4 rings (SSSR count). The van der Waals surface area contributed by atoms with Crippen LogP contribution in [-0.2, 0) is 10.1 Å². The molecule has 0 saturated carbocycles. The molecular weight excluding hydrogens is 342 g/mol. The van der Waals surface area contributed by atoms with Gasteiger partial charge in [0.1, 0.15) is 10.6 Å². The Balaban J connectivity index is 1.61. The van der Waals surface area contributed by atoms with Gasteiger partial charge >= 0.3 is 10.1 Å². The largest absolute Gasteiger partial charge is 0.379 e. The number of nitrogens with zero attached hydrogens (tertiary/aromatic N) is 3. The van der Waals surface area contributed by atoms with Crippen LogP contribution in [0.2, 0.25) is 0 Å². The van der Waals surface area contributed by atoms with Crippen molar-refractivity contribution in [1.82, 2.24) is 19.5 Å². The molecule has 8 nitrogen and oxygen atoms in total. The zero-order valence-corrected chi connectivity index (χ0v) is 13.6. The van der Waals surface area contributed by atoms with Gasteiger partial charge in [-0.25, -0.2) is 9.97 Å². The summed E-state index contributed by atoms with van der Waals surface area (Å²) in [5, 5.41) is 0. The van der Waals surface area contributed by atoms with E-state index in [-0.39, 0.29) is 16.6 Å². The molecule has 0 atom stereocenters. The second kappa shape index (κ2) is 5.64. The lowest BCUT2D eigenvalue weighted by Crippen LogP contribution is -2.09. The summed E-state index contributed by atoms with van der Waals surface area (Å²) in [5.74, 6) is 0.430. The minimum absolute atomic E-state index is 0.0561. The fraction of sp³-hybridized carbons (Fsp3) is 0. The van der Waals surface area contributed by atoms with E-state index in [2.05, 4.69) is 15.0 Å². The molecule has 0 unspecified atom stereocenters. The zero-order valence-electron chi connectivity index (χ0n) is 12.8. The zero-order chi connectivity index (χ0) is 17.4. The molecule has 0 saturated heterocycles. The minimum Gasteiger partial charge on any atom is -0.379 e. The van der Waals surface area contributed by atoms with Crippen molar-refractivity contribution < 1.29 is 12.6 Å². The van der Waals surface area contributed by atoms with Gasteiger partial charge in [0.15, 0.2) is 5.95 Å². The first kappa shape index (κ1) is 15.2. The van der Waals surface area contributed by atoms with Gasteiger partial charge in [0, 0.05) is 24.1 Å². The minimum atomic E-state index is -3.95. The summed E-state index contributed by atoms with van der Waals surface area (Å²) in [7, 11) is -3.95. The van der Waals surface area contributed by atoms with Crippen LogP contribution in [0.1, 0.15) is 0 Å². The van der Waals surface area contributed by atoms with E-state index in [0.29, 0.717) is 11.0 Å². The summed E-state index contributed by atoms with van der Waals surface area (Å²) in [6, 6.07) is 11.0. The van der Waals surface area contributed by atoms with E-state index in [4.69, 9.17) is 9.92 Å². The molecule has 0 bridgehead atoms. The maximum atomic E-state index is 12.4. The number of nitrogens with one attached hydrogen (secondary N) is 1. The second-order valence-electron chi connectivity index (χ2n) is 5.30. The highest BCUT2D eigenvalue weighted by Crippen LogP contribution is 2.24. The lowest BCUT2D eigenvalue weighted by atomic mass is 10.3. The van der Waals surface area contributed by atoms with Crippen LogP contribution in [0.4, 0.5) is 5.95 Å². The van der Waals surface area contributed by atoms with Gasteiger partial charge in [-0.15, -0.1) is 0 Å². The SMILES string of the molecule is Nc1nc2ccc(OS(=O)(=O)c3ccc(-n4ccnc4)cc3)cc2[nH]1. The average Bonchev–Trinajstić information content (AvgIpc) is 3.23. The van der Waals surface area contributed by atoms with E-state index in [9.17, 15) is 8.42 Å². The number of H-pyrrole nitrogens is 1. The van der Waals surface area contributed by atoms with Gasteiger partial charge in [0.05, 0.1) is 17.4 Å². The number of imidazole rings is 2. The highest BCUT2D eigenvalue weighted by atomic mass is 32.2. The van der Waals surface area contributed by atoms with Gasteiger partial charge < -0.3 is 19.5 Å². The number of benzene rings is 2. The molecule has 0 amide bonds. The van der Waals surface area contributed by atoms with Crippen molar-refractivity contribution in [3.05, 3.63) is 61.2 Å². The summed E-state index contributed by atoms with van der Waals surface area (Å²) < 4.78 is 31.9. The van der Waals surface area contributed by atoms with Crippen molar-refractivity contribution in [2.75, 3.05) is 5.73 Å². The predicted molar refractivity (Wildman–Crippen MR) is 91.9 cm³/mol. The Hall–Kier alpha value is -3.33. The molecule has 0 radical (unpaired) electrons. The third-order valence-electron chi connectivity index (χ3n) is 3.61. The molecule has 4 aromatic rings. The Labute approximate surface area is 143 Å². The molecular formula is C16H13N5O3S. The molecule has 25 heavy (non-hydrogen) atoms. The quantitative estimate of drug-likeness (QED) is 0.542. The number of nitrogens with two attached hydrogens (primary N) is 1. The molecule has 0 aliphatic carbocycles. The Morgan fingerprint density at radius 1 is 1.12 bits per heavy atom. The number of aromatic nitrogens is 4. The number of aromatic amines is 1. The van der Waals surface area contributed by atoms with E-state index >= 15 is 0 Å². The van der Waals surface area contributed by atoms with Crippen molar-refractivity contribution in [2.24, 2.45) is 0 Å². The first-order valence-electron chi connectivity index (χ1n) is 7.29. The van der Waals surface area contributed by atoms with Crippen molar-refractivity contribution >= 4 is 27.1 Å². The Morgan fingerprint density at radius 3 is 2.64 bits per heavy atom. The summed E-state index contributed by atoms with van der Waals surface area (Å²) in [5.41, 5.74) is 7.61. The molecule has 2 aromatic carbocycles. The number of nitrogen functional groups attached to an aromatic ring is 1. The van der Waals surface area contributed by atoms with Crippen LogP contribution in [-0.4, -0.2) is 27.9 Å². The first-order valence-corrected chi connectivity index (χ1v) is 8.70. The van der Waals surface area contributed by atoms with Gasteiger partial charge in [-0.05, 0) is 36.4 Å². The smallest absolute Gasteiger partial charge is 0.339 e. The normalized spacial score (nSPS) is 11.7. The van der Waals surface area contributed by atoms with Gasteiger partial charge in [0.2, 0.25) is 0 Å². The topological polar surface area (TPSA) is 116 Å². The van der Waals surface area contributed by atoms with Crippen molar-refractivity contribution in [2.45, 2.75) is 4.90 Å². The third kappa shape index (κ3) is 2.92. The van der Waals surface area contributed by atoms with Crippen LogP contribution in [0, 0.1) is 0 Å². The first-order chi connectivity index (χ1) is 12.0. The van der Waals surface area contributed by atoms with Crippen LogP contribution in [0.5, 0.6) is 5.75 Å². The third-order valence-corrected chi connectivity index (χ3v) is 4.87. The Kier molecular flexibility index (Phi) is 3.43. The van der Waals surface area contributed by atoms with Gasteiger partial charge in [-0.3, -0.25) is 0 Å².